The average Bonchev–Trinajstić information content (AvgIpc) is 3.10. The molecule has 0 radical (unpaired) electrons. The van der Waals surface area contributed by atoms with Gasteiger partial charge in [-0.3, -0.25) is 4.79 Å². The molecule has 0 spiro atoms. The number of Topliss-reactive ketones (excluding diaryl/α,β-unsaturated/α-hetero) is 1. The van der Waals surface area contributed by atoms with Crippen LogP contribution in [0, 0.1) is 11.8 Å². The fourth-order valence-electron chi connectivity index (χ4n) is 3.01. The summed E-state index contributed by atoms with van der Waals surface area (Å²) >= 11 is 0. The lowest BCUT2D eigenvalue weighted by Gasteiger charge is -2.17. The first-order chi connectivity index (χ1) is 10.7. The van der Waals surface area contributed by atoms with Gasteiger partial charge < -0.3 is 9.47 Å². The second kappa shape index (κ2) is 6.44. The van der Waals surface area contributed by atoms with Gasteiger partial charge in [0.15, 0.2) is 5.78 Å². The van der Waals surface area contributed by atoms with Crippen molar-refractivity contribution in [3.05, 3.63) is 48.5 Å². The van der Waals surface area contributed by atoms with Crippen LogP contribution >= 0.6 is 0 Å². The zero-order valence-corrected chi connectivity index (χ0v) is 13.3. The van der Waals surface area contributed by atoms with Gasteiger partial charge in [0.25, 0.3) is 0 Å². The van der Waals surface area contributed by atoms with Gasteiger partial charge in [-0.2, -0.15) is 0 Å². The topological polar surface area (TPSA) is 38.1 Å². The molecule has 0 saturated heterocycles. The van der Waals surface area contributed by atoms with Gasteiger partial charge >= 0.3 is 0 Å². The molecule has 1 aliphatic rings. The van der Waals surface area contributed by atoms with E-state index in [2.05, 4.69) is 23.7 Å². The number of hydrogen-bond acceptors (Lipinski definition) is 3. The van der Waals surface area contributed by atoms with Gasteiger partial charge in [-0.15, -0.1) is 0 Å². The maximum Gasteiger partial charge on any atom is 0.166 e. The van der Waals surface area contributed by atoms with Crippen LogP contribution in [0.25, 0.3) is 5.69 Å². The lowest BCUT2D eigenvalue weighted by atomic mass is 10.1. The van der Waals surface area contributed by atoms with Gasteiger partial charge in [0.05, 0.1) is 6.33 Å². The predicted molar refractivity (Wildman–Crippen MR) is 87.3 cm³/mol. The van der Waals surface area contributed by atoms with Crippen molar-refractivity contribution in [3.8, 4) is 5.69 Å². The number of hydrogen-bond donors (Lipinski definition) is 0. The second-order valence-electron chi connectivity index (χ2n) is 5.97. The van der Waals surface area contributed by atoms with E-state index in [0.717, 1.165) is 37.3 Å². The quantitative estimate of drug-likeness (QED) is 0.737. The summed E-state index contributed by atoms with van der Waals surface area (Å²) in [5.74, 6) is 1.06. The van der Waals surface area contributed by atoms with Gasteiger partial charge in [0.1, 0.15) is 0 Å². The number of ketones is 1. The largest absolute Gasteiger partial charge is 0.306 e. The minimum absolute atomic E-state index is 0.222. The summed E-state index contributed by atoms with van der Waals surface area (Å²) in [6.45, 7) is 7.53. The number of nitrogens with zero attached hydrogens (tertiary/aromatic N) is 3. The number of carbonyl (C=O) groups is 1. The molecule has 1 saturated carbocycles. The average molecular weight is 297 g/mol. The fraction of sp³-hybridized carbons (Fsp3) is 0.444. The van der Waals surface area contributed by atoms with Crippen LogP contribution in [-0.4, -0.2) is 39.9 Å². The Morgan fingerprint density at radius 3 is 2.59 bits per heavy atom. The Morgan fingerprint density at radius 2 is 2.00 bits per heavy atom. The first-order valence-corrected chi connectivity index (χ1v) is 8.07. The summed E-state index contributed by atoms with van der Waals surface area (Å²) in [4.78, 5) is 19.0. The third-order valence-electron chi connectivity index (χ3n) is 4.60. The van der Waals surface area contributed by atoms with Gasteiger partial charge in [-0.05, 0) is 49.7 Å². The molecule has 22 heavy (non-hydrogen) atoms. The van der Waals surface area contributed by atoms with Gasteiger partial charge in [0, 0.05) is 36.1 Å². The molecule has 0 N–H and O–H groups in total. The molecule has 1 aliphatic carbocycles. The summed E-state index contributed by atoms with van der Waals surface area (Å²) < 4.78 is 1.94. The minimum Gasteiger partial charge on any atom is -0.306 e. The van der Waals surface area contributed by atoms with E-state index in [1.165, 1.54) is 0 Å². The summed E-state index contributed by atoms with van der Waals surface area (Å²) in [7, 11) is 0. The number of imidazole rings is 1. The minimum atomic E-state index is 0.222. The van der Waals surface area contributed by atoms with Gasteiger partial charge in [0.2, 0.25) is 0 Å². The Balaban J connectivity index is 1.62. The number of benzene rings is 1. The molecule has 2 aromatic rings. The van der Waals surface area contributed by atoms with Gasteiger partial charge in [-0.25, -0.2) is 4.98 Å². The molecular formula is C18H23N3O. The summed E-state index contributed by atoms with van der Waals surface area (Å²) in [6, 6.07) is 7.84. The summed E-state index contributed by atoms with van der Waals surface area (Å²) in [6.07, 6.45) is 6.45. The third-order valence-corrected chi connectivity index (χ3v) is 4.60. The molecule has 1 aromatic heterocycles. The van der Waals surface area contributed by atoms with Crippen LogP contribution in [0.4, 0.5) is 0 Å². The first kappa shape index (κ1) is 15.0. The highest BCUT2D eigenvalue weighted by atomic mass is 16.1. The SMILES string of the molecule is CCN(CC)CC1CC1C(=O)c1ccc(-n2ccnc2)cc1. The lowest BCUT2D eigenvalue weighted by molar-refractivity contribution is 0.0957. The highest BCUT2D eigenvalue weighted by molar-refractivity contribution is 5.99. The maximum absolute atomic E-state index is 12.5. The highest BCUT2D eigenvalue weighted by Crippen LogP contribution is 2.41. The smallest absolute Gasteiger partial charge is 0.166 e. The van der Waals surface area contributed by atoms with Crippen molar-refractivity contribution >= 4 is 5.78 Å². The van der Waals surface area contributed by atoms with Crippen molar-refractivity contribution < 1.29 is 4.79 Å². The Hall–Kier alpha value is -1.94. The van der Waals surface area contributed by atoms with Crippen molar-refractivity contribution in [3.63, 3.8) is 0 Å². The van der Waals surface area contributed by atoms with E-state index < -0.39 is 0 Å². The molecule has 0 aliphatic heterocycles. The van der Waals surface area contributed by atoms with Crippen molar-refractivity contribution in [1.29, 1.82) is 0 Å². The Kier molecular flexibility index (Phi) is 4.39. The number of rotatable bonds is 7. The van der Waals surface area contributed by atoms with Crippen LogP contribution in [0.15, 0.2) is 43.0 Å². The Labute approximate surface area is 131 Å². The Bertz CT molecular complexity index is 614. The first-order valence-electron chi connectivity index (χ1n) is 8.07. The molecule has 1 fully saturated rings. The van der Waals surface area contributed by atoms with Crippen LogP contribution in [0.1, 0.15) is 30.6 Å². The van der Waals surface area contributed by atoms with Crippen LogP contribution < -0.4 is 0 Å². The molecule has 4 nitrogen and oxygen atoms in total. The molecular weight excluding hydrogens is 274 g/mol. The molecule has 2 atom stereocenters. The van der Waals surface area contributed by atoms with Crippen LogP contribution in [0.2, 0.25) is 0 Å². The molecule has 3 rings (SSSR count). The highest BCUT2D eigenvalue weighted by Gasteiger charge is 2.43. The zero-order chi connectivity index (χ0) is 15.5. The lowest BCUT2D eigenvalue weighted by Crippen LogP contribution is -2.26. The summed E-state index contributed by atoms with van der Waals surface area (Å²) in [5, 5.41) is 0. The third kappa shape index (κ3) is 3.12. The maximum atomic E-state index is 12.5. The van der Waals surface area contributed by atoms with Crippen LogP contribution in [0.3, 0.4) is 0 Å². The van der Waals surface area contributed by atoms with E-state index in [4.69, 9.17) is 0 Å². The van der Waals surface area contributed by atoms with Crippen molar-refractivity contribution in [2.45, 2.75) is 20.3 Å². The zero-order valence-electron chi connectivity index (χ0n) is 13.3. The van der Waals surface area contributed by atoms with E-state index >= 15 is 0 Å². The standard InChI is InChI=1S/C18H23N3O/c1-3-20(4-2)12-15-11-17(15)18(22)14-5-7-16(8-6-14)21-10-9-19-13-21/h5-10,13,15,17H,3-4,11-12H2,1-2H3. The predicted octanol–water partition coefficient (Wildman–Crippen LogP) is 3.03. The molecule has 0 amide bonds. The molecule has 1 aromatic carbocycles. The van der Waals surface area contributed by atoms with Gasteiger partial charge in [-0.1, -0.05) is 13.8 Å². The van der Waals surface area contributed by atoms with Crippen LogP contribution in [-0.2, 0) is 0 Å². The molecule has 1 heterocycles. The van der Waals surface area contributed by atoms with E-state index in [1.54, 1.807) is 12.5 Å². The van der Waals surface area contributed by atoms with Crippen molar-refractivity contribution in [2.24, 2.45) is 11.8 Å². The van der Waals surface area contributed by atoms with E-state index in [9.17, 15) is 4.79 Å². The van der Waals surface area contributed by atoms with Crippen LogP contribution in [0.5, 0.6) is 0 Å². The summed E-state index contributed by atoms with van der Waals surface area (Å²) in [5.41, 5.74) is 1.86. The van der Waals surface area contributed by atoms with E-state index in [0.29, 0.717) is 11.7 Å². The van der Waals surface area contributed by atoms with E-state index in [1.807, 2.05) is 35.0 Å². The fourth-order valence-corrected chi connectivity index (χ4v) is 3.01. The molecule has 116 valence electrons. The molecule has 0 bridgehead atoms. The van der Waals surface area contributed by atoms with Crippen molar-refractivity contribution in [2.75, 3.05) is 19.6 Å². The molecule has 4 heteroatoms. The monoisotopic (exact) mass is 297 g/mol. The van der Waals surface area contributed by atoms with E-state index in [-0.39, 0.29) is 5.92 Å². The molecule has 2 unspecified atom stereocenters. The number of carbonyl (C=O) groups excluding carboxylic acids is 1. The van der Waals surface area contributed by atoms with Crippen molar-refractivity contribution in [1.82, 2.24) is 14.5 Å². The number of aromatic nitrogens is 2. The normalized spacial score (nSPS) is 20.3. The second-order valence-corrected chi connectivity index (χ2v) is 5.97. The Morgan fingerprint density at radius 1 is 1.27 bits per heavy atom.